The van der Waals surface area contributed by atoms with Gasteiger partial charge in [0.15, 0.2) is 0 Å². The van der Waals surface area contributed by atoms with Crippen LogP contribution >= 0.6 is 23.2 Å². The van der Waals surface area contributed by atoms with Crippen LogP contribution in [0.1, 0.15) is 12.8 Å². The quantitative estimate of drug-likeness (QED) is 0.833. The second-order valence-electron chi connectivity index (χ2n) is 4.30. The van der Waals surface area contributed by atoms with Crippen molar-refractivity contribution < 1.29 is 4.79 Å². The number of anilines is 2. The third-order valence-corrected chi connectivity index (χ3v) is 3.25. The minimum atomic E-state index is -0.138. The van der Waals surface area contributed by atoms with Gasteiger partial charge in [0.1, 0.15) is 0 Å². The highest BCUT2D eigenvalue weighted by atomic mass is 35.5. The number of halogens is 2. The summed E-state index contributed by atoms with van der Waals surface area (Å²) in [5.74, 6) is -0.138. The van der Waals surface area contributed by atoms with E-state index < -0.39 is 0 Å². The molecule has 7 heteroatoms. The van der Waals surface area contributed by atoms with E-state index in [2.05, 4.69) is 10.3 Å². The van der Waals surface area contributed by atoms with E-state index in [4.69, 9.17) is 28.9 Å². The molecule has 0 radical (unpaired) electrons. The number of rotatable bonds is 5. The van der Waals surface area contributed by atoms with E-state index in [1.54, 1.807) is 24.7 Å². The van der Waals surface area contributed by atoms with Crippen molar-refractivity contribution in [3.05, 3.63) is 40.9 Å². The standard InChI is InChI=1S/C13H14Cl2N4O/c14-9-6-10(15)13(11(16)7-9)18-12(20)2-1-4-19-5-3-17-8-19/h3,5-8H,1-2,4,16H2,(H,18,20). The lowest BCUT2D eigenvalue weighted by molar-refractivity contribution is -0.116. The Balaban J connectivity index is 1.88. The largest absolute Gasteiger partial charge is 0.397 e. The number of aryl methyl sites for hydroxylation is 1. The first-order chi connectivity index (χ1) is 9.56. The van der Waals surface area contributed by atoms with Gasteiger partial charge in [0, 0.05) is 30.4 Å². The minimum absolute atomic E-state index is 0.138. The molecule has 0 fully saturated rings. The first-order valence-electron chi connectivity index (χ1n) is 6.06. The van der Waals surface area contributed by atoms with Crippen LogP contribution in [-0.2, 0) is 11.3 Å². The third-order valence-electron chi connectivity index (χ3n) is 2.73. The Morgan fingerprint density at radius 3 is 2.85 bits per heavy atom. The first kappa shape index (κ1) is 14.7. The Bertz CT molecular complexity index is 575. The summed E-state index contributed by atoms with van der Waals surface area (Å²) in [6.07, 6.45) is 6.34. The van der Waals surface area contributed by atoms with Gasteiger partial charge in [-0.25, -0.2) is 4.98 Å². The molecule has 0 atom stereocenters. The number of hydrogen-bond donors (Lipinski definition) is 2. The number of nitrogen functional groups attached to an aromatic ring is 1. The third kappa shape index (κ3) is 3.88. The van der Waals surface area contributed by atoms with Crippen molar-refractivity contribution in [1.29, 1.82) is 0 Å². The van der Waals surface area contributed by atoms with Crippen molar-refractivity contribution >= 4 is 40.5 Å². The van der Waals surface area contributed by atoms with E-state index >= 15 is 0 Å². The summed E-state index contributed by atoms with van der Waals surface area (Å²) in [6, 6.07) is 3.09. The number of nitrogens with two attached hydrogens (primary N) is 1. The van der Waals surface area contributed by atoms with Gasteiger partial charge in [-0.1, -0.05) is 23.2 Å². The molecule has 0 aliphatic rings. The fraction of sp³-hybridized carbons (Fsp3) is 0.231. The van der Waals surface area contributed by atoms with E-state index in [1.807, 2.05) is 10.8 Å². The molecule has 20 heavy (non-hydrogen) atoms. The van der Waals surface area contributed by atoms with Crippen molar-refractivity contribution in [3.63, 3.8) is 0 Å². The molecule has 106 valence electrons. The zero-order chi connectivity index (χ0) is 14.5. The molecule has 1 aromatic heterocycles. The Morgan fingerprint density at radius 1 is 1.40 bits per heavy atom. The van der Waals surface area contributed by atoms with Crippen LogP contribution in [0.5, 0.6) is 0 Å². The van der Waals surface area contributed by atoms with E-state index in [0.717, 1.165) is 6.54 Å². The van der Waals surface area contributed by atoms with Gasteiger partial charge in [-0.2, -0.15) is 0 Å². The summed E-state index contributed by atoms with van der Waals surface area (Å²) >= 11 is 11.8. The lowest BCUT2D eigenvalue weighted by Crippen LogP contribution is -2.14. The Labute approximate surface area is 126 Å². The van der Waals surface area contributed by atoms with Crippen molar-refractivity contribution in [3.8, 4) is 0 Å². The molecular formula is C13H14Cl2N4O. The number of hydrogen-bond acceptors (Lipinski definition) is 3. The summed E-state index contributed by atoms with van der Waals surface area (Å²) in [6.45, 7) is 0.733. The second kappa shape index (κ2) is 6.63. The van der Waals surface area contributed by atoms with Crippen molar-refractivity contribution in [1.82, 2.24) is 9.55 Å². The first-order valence-corrected chi connectivity index (χ1v) is 6.82. The van der Waals surface area contributed by atoms with Crippen LogP contribution in [0.4, 0.5) is 11.4 Å². The summed E-state index contributed by atoms with van der Waals surface area (Å²) in [5, 5.41) is 3.47. The van der Waals surface area contributed by atoms with E-state index in [0.29, 0.717) is 34.3 Å². The van der Waals surface area contributed by atoms with Crippen LogP contribution in [0.3, 0.4) is 0 Å². The summed E-state index contributed by atoms with van der Waals surface area (Å²) in [7, 11) is 0. The average Bonchev–Trinajstić information content (AvgIpc) is 2.87. The monoisotopic (exact) mass is 312 g/mol. The maximum absolute atomic E-state index is 11.8. The van der Waals surface area contributed by atoms with Crippen LogP contribution < -0.4 is 11.1 Å². The zero-order valence-electron chi connectivity index (χ0n) is 10.6. The number of nitrogens with one attached hydrogen (secondary N) is 1. The smallest absolute Gasteiger partial charge is 0.224 e. The molecular weight excluding hydrogens is 299 g/mol. The topological polar surface area (TPSA) is 72.9 Å². The molecule has 0 unspecified atom stereocenters. The van der Waals surface area contributed by atoms with Gasteiger partial charge in [0.05, 0.1) is 22.7 Å². The summed E-state index contributed by atoms with van der Waals surface area (Å²) in [4.78, 5) is 15.8. The van der Waals surface area contributed by atoms with Gasteiger partial charge in [0.25, 0.3) is 0 Å². The van der Waals surface area contributed by atoms with Crippen molar-refractivity contribution in [2.45, 2.75) is 19.4 Å². The van der Waals surface area contributed by atoms with Crippen LogP contribution in [0.15, 0.2) is 30.9 Å². The van der Waals surface area contributed by atoms with Gasteiger partial charge in [0.2, 0.25) is 5.91 Å². The molecule has 0 saturated heterocycles. The number of nitrogens with zero attached hydrogens (tertiary/aromatic N) is 2. The maximum Gasteiger partial charge on any atom is 0.224 e. The summed E-state index contributed by atoms with van der Waals surface area (Å²) in [5.41, 5.74) is 6.54. The molecule has 5 nitrogen and oxygen atoms in total. The molecule has 3 N–H and O–H groups in total. The number of carbonyl (C=O) groups is 1. The molecule has 0 spiro atoms. The van der Waals surface area contributed by atoms with E-state index in [9.17, 15) is 4.79 Å². The van der Waals surface area contributed by atoms with Crippen LogP contribution in [-0.4, -0.2) is 15.5 Å². The zero-order valence-corrected chi connectivity index (χ0v) is 12.2. The minimum Gasteiger partial charge on any atom is -0.397 e. The number of imidazole rings is 1. The Kier molecular flexibility index (Phi) is 4.87. The normalized spacial score (nSPS) is 10.5. The van der Waals surface area contributed by atoms with Gasteiger partial charge in [-0.3, -0.25) is 4.79 Å². The number of carbonyl (C=O) groups excluding carboxylic acids is 1. The molecule has 0 aliphatic heterocycles. The molecule has 0 aliphatic carbocycles. The molecule has 2 aromatic rings. The highest BCUT2D eigenvalue weighted by Crippen LogP contribution is 2.32. The van der Waals surface area contributed by atoms with Gasteiger partial charge in [-0.05, 0) is 18.6 Å². The molecule has 1 amide bonds. The second-order valence-corrected chi connectivity index (χ2v) is 5.15. The number of aromatic nitrogens is 2. The lowest BCUT2D eigenvalue weighted by Gasteiger charge is -2.10. The Morgan fingerprint density at radius 2 is 2.20 bits per heavy atom. The van der Waals surface area contributed by atoms with Crippen LogP contribution in [0, 0.1) is 0 Å². The van der Waals surface area contributed by atoms with Crippen molar-refractivity contribution in [2.24, 2.45) is 0 Å². The summed E-state index contributed by atoms with van der Waals surface area (Å²) < 4.78 is 1.91. The highest BCUT2D eigenvalue weighted by molar-refractivity contribution is 6.37. The predicted molar refractivity (Wildman–Crippen MR) is 81.0 cm³/mol. The molecule has 1 heterocycles. The van der Waals surface area contributed by atoms with Gasteiger partial charge >= 0.3 is 0 Å². The van der Waals surface area contributed by atoms with Gasteiger partial charge in [-0.15, -0.1) is 0 Å². The Hall–Kier alpha value is -1.72. The van der Waals surface area contributed by atoms with Crippen LogP contribution in [0.25, 0.3) is 0 Å². The van der Waals surface area contributed by atoms with E-state index in [1.165, 1.54) is 0 Å². The lowest BCUT2D eigenvalue weighted by atomic mass is 10.2. The number of benzene rings is 1. The highest BCUT2D eigenvalue weighted by Gasteiger charge is 2.10. The van der Waals surface area contributed by atoms with Crippen LogP contribution in [0.2, 0.25) is 10.0 Å². The molecule has 0 bridgehead atoms. The SMILES string of the molecule is Nc1cc(Cl)cc(Cl)c1NC(=O)CCCn1ccnc1. The maximum atomic E-state index is 11.8. The average molecular weight is 313 g/mol. The van der Waals surface area contributed by atoms with Gasteiger partial charge < -0.3 is 15.6 Å². The fourth-order valence-electron chi connectivity index (χ4n) is 1.77. The molecule has 1 aromatic carbocycles. The predicted octanol–water partition coefficient (Wildman–Crippen LogP) is 3.19. The number of amides is 1. The molecule has 0 saturated carbocycles. The fourth-order valence-corrected chi connectivity index (χ4v) is 2.32. The van der Waals surface area contributed by atoms with Crippen molar-refractivity contribution in [2.75, 3.05) is 11.1 Å². The van der Waals surface area contributed by atoms with E-state index in [-0.39, 0.29) is 5.91 Å². The molecule has 2 rings (SSSR count).